The van der Waals surface area contributed by atoms with Crippen LogP contribution in [0.5, 0.6) is 0 Å². The number of carbonyl (C=O) groups is 1. The Morgan fingerprint density at radius 2 is 1.71 bits per heavy atom. The van der Waals surface area contributed by atoms with E-state index < -0.39 is 22.2 Å². The third-order valence-corrected chi connectivity index (χ3v) is 4.14. The van der Waals surface area contributed by atoms with Crippen molar-refractivity contribution in [2.75, 3.05) is 0 Å². The number of nitro benzene ring substituents is 1. The first-order valence-corrected chi connectivity index (χ1v) is 7.23. The summed E-state index contributed by atoms with van der Waals surface area (Å²) in [7, 11) is 0. The van der Waals surface area contributed by atoms with Crippen LogP contribution in [-0.2, 0) is 6.54 Å². The van der Waals surface area contributed by atoms with Crippen molar-refractivity contribution in [3.8, 4) is 0 Å². The molecule has 0 heterocycles. The van der Waals surface area contributed by atoms with Crippen LogP contribution in [-0.4, -0.2) is 15.6 Å². The summed E-state index contributed by atoms with van der Waals surface area (Å²) in [6, 6.07) is 6.98. The molecule has 0 radical (unpaired) electrons. The summed E-state index contributed by atoms with van der Waals surface area (Å²) in [4.78, 5) is 33.6. The van der Waals surface area contributed by atoms with E-state index in [1.54, 1.807) is 13.0 Å². The van der Waals surface area contributed by atoms with E-state index in [4.69, 9.17) is 0 Å². The molecule has 24 heavy (non-hydrogen) atoms. The van der Waals surface area contributed by atoms with Gasteiger partial charge in [-0.2, -0.15) is 0 Å². The van der Waals surface area contributed by atoms with Gasteiger partial charge in [0.05, 0.1) is 4.92 Å². The Kier molecular flexibility index (Phi) is 4.73. The van der Waals surface area contributed by atoms with E-state index in [1.165, 1.54) is 24.3 Å². The standard InChI is InChI=1S/C17H16N2O5/c1-10-7-15(16(9-18(21)22)12(3)11(10)2)17(20)13-5-4-6-14(8-13)19(23)24/h4-8H,9H2,1-3H3. The van der Waals surface area contributed by atoms with Gasteiger partial charge in [0.1, 0.15) is 0 Å². The summed E-state index contributed by atoms with van der Waals surface area (Å²) in [5.74, 6) is -0.457. The molecule has 0 atom stereocenters. The van der Waals surface area contributed by atoms with Gasteiger partial charge in [0.25, 0.3) is 5.69 Å². The van der Waals surface area contributed by atoms with Crippen LogP contribution >= 0.6 is 0 Å². The first kappa shape index (κ1) is 17.3. The van der Waals surface area contributed by atoms with Crippen LogP contribution in [0.4, 0.5) is 5.69 Å². The maximum absolute atomic E-state index is 12.8. The van der Waals surface area contributed by atoms with Crippen molar-refractivity contribution < 1.29 is 14.6 Å². The fourth-order valence-corrected chi connectivity index (χ4v) is 2.59. The molecule has 2 aromatic rings. The lowest BCUT2D eigenvalue weighted by Gasteiger charge is -2.14. The zero-order valence-corrected chi connectivity index (χ0v) is 13.5. The smallest absolute Gasteiger partial charge is 0.270 e. The van der Waals surface area contributed by atoms with Crippen LogP contribution in [0.3, 0.4) is 0 Å². The molecular formula is C17H16N2O5. The molecule has 0 fully saturated rings. The highest BCUT2D eigenvalue weighted by atomic mass is 16.6. The van der Waals surface area contributed by atoms with Crippen LogP contribution in [0.15, 0.2) is 30.3 Å². The Bertz CT molecular complexity index is 858. The number of nitro groups is 2. The van der Waals surface area contributed by atoms with Gasteiger partial charge >= 0.3 is 0 Å². The van der Waals surface area contributed by atoms with E-state index in [-0.39, 0.29) is 16.8 Å². The molecule has 7 heteroatoms. The molecule has 0 saturated heterocycles. The lowest BCUT2D eigenvalue weighted by Crippen LogP contribution is -2.12. The number of hydrogen-bond donors (Lipinski definition) is 0. The largest absolute Gasteiger partial charge is 0.289 e. The Labute approximate surface area is 138 Å². The van der Waals surface area contributed by atoms with Crippen molar-refractivity contribution in [2.24, 2.45) is 0 Å². The van der Waals surface area contributed by atoms with E-state index >= 15 is 0 Å². The van der Waals surface area contributed by atoms with E-state index in [0.29, 0.717) is 11.1 Å². The number of non-ortho nitro benzene ring substituents is 1. The number of benzene rings is 2. The molecular weight excluding hydrogens is 312 g/mol. The van der Waals surface area contributed by atoms with Crippen molar-refractivity contribution >= 4 is 11.5 Å². The highest BCUT2D eigenvalue weighted by molar-refractivity contribution is 6.10. The summed E-state index contributed by atoms with van der Waals surface area (Å²) in [5, 5.41) is 21.9. The zero-order chi connectivity index (χ0) is 18.0. The molecule has 0 aliphatic carbocycles. The van der Waals surface area contributed by atoms with Crippen LogP contribution in [0.1, 0.15) is 38.2 Å². The fourth-order valence-electron chi connectivity index (χ4n) is 2.59. The minimum atomic E-state index is -0.583. The lowest BCUT2D eigenvalue weighted by atomic mass is 9.89. The molecule has 124 valence electrons. The third kappa shape index (κ3) is 3.29. The van der Waals surface area contributed by atoms with Crippen LogP contribution in [0.25, 0.3) is 0 Å². The Balaban J connectivity index is 2.62. The lowest BCUT2D eigenvalue weighted by molar-refractivity contribution is -0.496. The minimum absolute atomic E-state index is 0.136. The average Bonchev–Trinajstić information content (AvgIpc) is 2.54. The Hall–Kier alpha value is -3.09. The molecule has 0 unspecified atom stereocenters. The molecule has 0 aromatic heterocycles. The maximum atomic E-state index is 12.8. The highest BCUT2D eigenvalue weighted by Gasteiger charge is 2.22. The van der Waals surface area contributed by atoms with Gasteiger partial charge in [-0.15, -0.1) is 0 Å². The molecule has 7 nitrogen and oxygen atoms in total. The number of ketones is 1. The normalized spacial score (nSPS) is 10.5. The molecule has 0 spiro atoms. The second-order valence-electron chi connectivity index (χ2n) is 5.60. The van der Waals surface area contributed by atoms with Gasteiger partial charge in [0.15, 0.2) is 5.78 Å². The molecule has 2 aromatic carbocycles. The minimum Gasteiger partial charge on any atom is -0.289 e. The van der Waals surface area contributed by atoms with Crippen LogP contribution in [0.2, 0.25) is 0 Å². The van der Waals surface area contributed by atoms with Crippen molar-refractivity contribution in [1.82, 2.24) is 0 Å². The fraction of sp³-hybridized carbons (Fsp3) is 0.235. The monoisotopic (exact) mass is 328 g/mol. The van der Waals surface area contributed by atoms with E-state index in [2.05, 4.69) is 0 Å². The first-order valence-electron chi connectivity index (χ1n) is 7.23. The summed E-state index contributed by atoms with van der Waals surface area (Å²) in [5.41, 5.74) is 2.93. The maximum Gasteiger partial charge on any atom is 0.270 e. The number of hydrogen-bond acceptors (Lipinski definition) is 5. The van der Waals surface area contributed by atoms with Crippen molar-refractivity contribution in [1.29, 1.82) is 0 Å². The summed E-state index contributed by atoms with van der Waals surface area (Å²) in [6.45, 7) is 4.94. The molecule has 0 bridgehead atoms. The number of carbonyl (C=O) groups excluding carboxylic acids is 1. The van der Waals surface area contributed by atoms with Gasteiger partial charge in [-0.05, 0) is 43.5 Å². The van der Waals surface area contributed by atoms with E-state index in [0.717, 1.165) is 11.1 Å². The summed E-state index contributed by atoms with van der Waals surface area (Å²) >= 11 is 0. The average molecular weight is 328 g/mol. The van der Waals surface area contributed by atoms with Gasteiger partial charge in [0, 0.05) is 33.7 Å². The Morgan fingerprint density at radius 1 is 1.04 bits per heavy atom. The summed E-state index contributed by atoms with van der Waals surface area (Å²) in [6.07, 6.45) is 0. The van der Waals surface area contributed by atoms with Crippen LogP contribution in [0, 0.1) is 41.0 Å². The van der Waals surface area contributed by atoms with Crippen molar-refractivity contribution in [2.45, 2.75) is 27.3 Å². The van der Waals surface area contributed by atoms with Crippen molar-refractivity contribution in [3.05, 3.63) is 83.9 Å². The van der Waals surface area contributed by atoms with E-state index in [9.17, 15) is 25.0 Å². The molecule has 0 saturated carbocycles. The topological polar surface area (TPSA) is 103 Å². The molecule has 0 N–H and O–H groups in total. The second kappa shape index (κ2) is 6.57. The van der Waals surface area contributed by atoms with Gasteiger partial charge in [-0.25, -0.2) is 0 Å². The molecule has 0 aliphatic rings. The van der Waals surface area contributed by atoms with Gasteiger partial charge in [0.2, 0.25) is 6.54 Å². The van der Waals surface area contributed by atoms with Crippen LogP contribution < -0.4 is 0 Å². The van der Waals surface area contributed by atoms with Crippen molar-refractivity contribution in [3.63, 3.8) is 0 Å². The first-order chi connectivity index (χ1) is 11.2. The highest BCUT2D eigenvalue weighted by Crippen LogP contribution is 2.26. The van der Waals surface area contributed by atoms with Gasteiger partial charge in [-0.1, -0.05) is 12.1 Å². The predicted octanol–water partition coefficient (Wildman–Crippen LogP) is 3.53. The van der Waals surface area contributed by atoms with E-state index in [1.807, 2.05) is 13.8 Å². The van der Waals surface area contributed by atoms with Gasteiger partial charge < -0.3 is 0 Å². The third-order valence-electron chi connectivity index (χ3n) is 4.14. The van der Waals surface area contributed by atoms with Gasteiger partial charge in [-0.3, -0.25) is 25.0 Å². The molecule has 2 rings (SSSR count). The number of aryl methyl sites for hydroxylation is 1. The zero-order valence-electron chi connectivity index (χ0n) is 13.5. The SMILES string of the molecule is Cc1cc(C(=O)c2cccc([N+](=O)[O-])c2)c(C[N+](=O)[O-])c(C)c1C. The molecule has 0 amide bonds. The second-order valence-corrected chi connectivity index (χ2v) is 5.60. The summed E-state index contributed by atoms with van der Waals surface area (Å²) < 4.78 is 0. The Morgan fingerprint density at radius 3 is 2.29 bits per heavy atom. The number of rotatable bonds is 5. The molecule has 0 aliphatic heterocycles. The number of nitrogens with zero attached hydrogens (tertiary/aromatic N) is 2. The quantitative estimate of drug-likeness (QED) is 0.474. The predicted molar refractivity (Wildman–Crippen MR) is 87.9 cm³/mol.